The fraction of sp³-hybridized carbons (Fsp3) is 0.143. The fourth-order valence-electron chi connectivity index (χ4n) is 0.725. The summed E-state index contributed by atoms with van der Waals surface area (Å²) in [5, 5.41) is 26.4. The number of aliphatic hydroxyl groups is 2. The van der Waals surface area contributed by atoms with Gasteiger partial charge in [0.1, 0.15) is 5.75 Å². The second kappa shape index (κ2) is 3.09. The number of aromatic hydroxyl groups is 1. The lowest BCUT2D eigenvalue weighted by Crippen LogP contribution is -1.94. The number of phenols is 1. The highest BCUT2D eigenvalue weighted by atomic mass is 35.5. The van der Waals surface area contributed by atoms with E-state index >= 15 is 0 Å². The molecule has 0 fully saturated rings. The molecule has 3 N–H and O–H groups in total. The molecular weight excluding hydrogens is 168 g/mol. The van der Waals surface area contributed by atoms with Gasteiger partial charge in [-0.05, 0) is 18.2 Å². The molecule has 1 rings (SSSR count). The van der Waals surface area contributed by atoms with Crippen molar-refractivity contribution < 1.29 is 15.3 Å². The molecule has 11 heavy (non-hydrogen) atoms. The van der Waals surface area contributed by atoms with Gasteiger partial charge in [0.05, 0.1) is 5.02 Å². The van der Waals surface area contributed by atoms with Crippen LogP contribution in [0.5, 0.6) is 5.75 Å². The summed E-state index contributed by atoms with van der Waals surface area (Å²) in [6.07, 6.45) is -1.59. The van der Waals surface area contributed by atoms with E-state index in [1.807, 2.05) is 0 Å². The van der Waals surface area contributed by atoms with Crippen LogP contribution in [-0.4, -0.2) is 15.3 Å². The van der Waals surface area contributed by atoms with Gasteiger partial charge in [0, 0.05) is 5.56 Å². The summed E-state index contributed by atoms with van der Waals surface area (Å²) in [6.45, 7) is 0. The van der Waals surface area contributed by atoms with Crippen LogP contribution < -0.4 is 0 Å². The summed E-state index contributed by atoms with van der Waals surface area (Å²) in [5.74, 6) is -0.000556. The Bertz CT molecular complexity index is 260. The fourth-order valence-corrected chi connectivity index (χ4v) is 0.998. The molecule has 0 aliphatic heterocycles. The normalized spacial score (nSPS) is 10.5. The Morgan fingerprint density at radius 3 is 2.36 bits per heavy atom. The van der Waals surface area contributed by atoms with Crippen molar-refractivity contribution >= 4 is 11.6 Å². The van der Waals surface area contributed by atoms with Gasteiger partial charge in [0.15, 0.2) is 6.29 Å². The molecule has 4 heteroatoms. The van der Waals surface area contributed by atoms with E-state index in [0.29, 0.717) is 0 Å². The first kappa shape index (κ1) is 8.33. The Morgan fingerprint density at radius 2 is 1.91 bits per heavy atom. The van der Waals surface area contributed by atoms with Crippen molar-refractivity contribution in [1.82, 2.24) is 0 Å². The molecule has 0 aliphatic carbocycles. The van der Waals surface area contributed by atoms with Crippen LogP contribution in [0, 0.1) is 0 Å². The number of halogens is 1. The molecule has 0 aromatic heterocycles. The zero-order chi connectivity index (χ0) is 8.43. The van der Waals surface area contributed by atoms with E-state index in [2.05, 4.69) is 0 Å². The molecule has 0 radical (unpaired) electrons. The van der Waals surface area contributed by atoms with E-state index < -0.39 is 6.29 Å². The maximum Gasteiger partial charge on any atom is 0.179 e. The van der Waals surface area contributed by atoms with Crippen molar-refractivity contribution in [2.45, 2.75) is 6.29 Å². The van der Waals surface area contributed by atoms with Gasteiger partial charge in [-0.1, -0.05) is 11.6 Å². The molecule has 60 valence electrons. The van der Waals surface area contributed by atoms with Crippen molar-refractivity contribution in [3.63, 3.8) is 0 Å². The van der Waals surface area contributed by atoms with Crippen molar-refractivity contribution in [2.24, 2.45) is 0 Å². The highest BCUT2D eigenvalue weighted by molar-refractivity contribution is 6.31. The maximum absolute atomic E-state index is 8.87. The van der Waals surface area contributed by atoms with E-state index in [9.17, 15) is 0 Å². The Hall–Kier alpha value is -0.770. The van der Waals surface area contributed by atoms with Crippen LogP contribution >= 0.6 is 11.6 Å². The Labute approximate surface area is 68.5 Å². The molecule has 0 unspecified atom stereocenters. The van der Waals surface area contributed by atoms with Gasteiger partial charge in [-0.3, -0.25) is 0 Å². The minimum atomic E-state index is -1.59. The number of benzene rings is 1. The third-order valence-electron chi connectivity index (χ3n) is 1.26. The number of rotatable bonds is 1. The lowest BCUT2D eigenvalue weighted by atomic mass is 10.2. The number of aliphatic hydroxyl groups excluding tert-OH is 1. The van der Waals surface area contributed by atoms with Crippen molar-refractivity contribution in [3.05, 3.63) is 28.8 Å². The third kappa shape index (κ3) is 1.83. The Balaban J connectivity index is 3.09. The molecule has 0 spiro atoms. The van der Waals surface area contributed by atoms with Gasteiger partial charge in [0.25, 0.3) is 0 Å². The first-order chi connectivity index (χ1) is 5.11. The quantitative estimate of drug-likeness (QED) is 0.558. The van der Waals surface area contributed by atoms with Crippen LogP contribution in [0.4, 0.5) is 0 Å². The highest BCUT2D eigenvalue weighted by Crippen LogP contribution is 2.25. The lowest BCUT2D eigenvalue weighted by Gasteiger charge is -2.05. The van der Waals surface area contributed by atoms with Gasteiger partial charge in [-0.25, -0.2) is 0 Å². The van der Waals surface area contributed by atoms with E-state index in [4.69, 9.17) is 26.9 Å². The van der Waals surface area contributed by atoms with Crippen molar-refractivity contribution in [1.29, 1.82) is 0 Å². The SMILES string of the molecule is Oc1ccc(C(O)O)c(Cl)c1. The first-order valence-corrected chi connectivity index (χ1v) is 3.33. The van der Waals surface area contributed by atoms with E-state index in [0.717, 1.165) is 0 Å². The lowest BCUT2D eigenvalue weighted by molar-refractivity contribution is -0.0424. The minimum Gasteiger partial charge on any atom is -0.508 e. The second-order valence-corrected chi connectivity index (χ2v) is 2.49. The summed E-state index contributed by atoms with van der Waals surface area (Å²) < 4.78 is 0. The largest absolute Gasteiger partial charge is 0.508 e. The van der Waals surface area contributed by atoms with Crippen LogP contribution in [0.3, 0.4) is 0 Å². The van der Waals surface area contributed by atoms with Crippen molar-refractivity contribution in [2.75, 3.05) is 0 Å². The molecule has 1 aromatic rings. The molecular formula is C7H7ClO3. The molecule has 0 saturated carbocycles. The zero-order valence-electron chi connectivity index (χ0n) is 5.53. The average molecular weight is 175 g/mol. The smallest absolute Gasteiger partial charge is 0.179 e. The Morgan fingerprint density at radius 1 is 1.27 bits per heavy atom. The van der Waals surface area contributed by atoms with E-state index in [1.165, 1.54) is 18.2 Å². The molecule has 3 nitrogen and oxygen atoms in total. The van der Waals surface area contributed by atoms with Crippen LogP contribution in [0.2, 0.25) is 5.02 Å². The van der Waals surface area contributed by atoms with Gasteiger partial charge < -0.3 is 15.3 Å². The summed E-state index contributed by atoms with van der Waals surface area (Å²) >= 11 is 5.54. The van der Waals surface area contributed by atoms with Crippen LogP contribution in [-0.2, 0) is 0 Å². The molecule has 0 atom stereocenters. The Kier molecular flexibility index (Phi) is 2.34. The zero-order valence-corrected chi connectivity index (χ0v) is 6.28. The number of phenolic OH excluding ortho intramolecular Hbond substituents is 1. The van der Waals surface area contributed by atoms with Gasteiger partial charge >= 0.3 is 0 Å². The van der Waals surface area contributed by atoms with Gasteiger partial charge in [0.2, 0.25) is 0 Å². The monoisotopic (exact) mass is 174 g/mol. The third-order valence-corrected chi connectivity index (χ3v) is 1.59. The van der Waals surface area contributed by atoms with E-state index in [1.54, 1.807) is 0 Å². The van der Waals surface area contributed by atoms with Crippen LogP contribution in [0.1, 0.15) is 11.9 Å². The van der Waals surface area contributed by atoms with Gasteiger partial charge in [-0.2, -0.15) is 0 Å². The first-order valence-electron chi connectivity index (χ1n) is 2.96. The number of hydrogen-bond donors (Lipinski definition) is 3. The molecule has 0 saturated heterocycles. The second-order valence-electron chi connectivity index (χ2n) is 2.08. The predicted molar refractivity (Wildman–Crippen MR) is 40.3 cm³/mol. The standard InChI is InChI=1S/C7H7ClO3/c8-6-3-4(9)1-2-5(6)7(10)11/h1-3,7,9-11H. The average Bonchev–Trinajstić information content (AvgIpc) is 1.85. The molecule has 1 aromatic carbocycles. The van der Waals surface area contributed by atoms with E-state index in [-0.39, 0.29) is 16.3 Å². The molecule has 0 bridgehead atoms. The topological polar surface area (TPSA) is 60.7 Å². The molecule has 0 amide bonds. The van der Waals surface area contributed by atoms with Crippen LogP contribution in [0.15, 0.2) is 18.2 Å². The number of hydrogen-bond acceptors (Lipinski definition) is 3. The van der Waals surface area contributed by atoms with Crippen molar-refractivity contribution in [3.8, 4) is 5.75 Å². The van der Waals surface area contributed by atoms with Gasteiger partial charge in [-0.15, -0.1) is 0 Å². The predicted octanol–water partition coefficient (Wildman–Crippen LogP) is 1.03. The maximum atomic E-state index is 8.87. The summed E-state index contributed by atoms with van der Waals surface area (Å²) in [6, 6.07) is 3.93. The minimum absolute atomic E-state index is 0.000556. The highest BCUT2D eigenvalue weighted by Gasteiger charge is 2.07. The summed E-state index contributed by atoms with van der Waals surface area (Å²) in [7, 11) is 0. The van der Waals surface area contributed by atoms with Crippen LogP contribution in [0.25, 0.3) is 0 Å². The summed E-state index contributed by atoms with van der Waals surface area (Å²) in [5.41, 5.74) is 0.185. The molecule has 0 aliphatic rings. The summed E-state index contributed by atoms with van der Waals surface area (Å²) in [4.78, 5) is 0. The molecule has 0 heterocycles.